The van der Waals surface area contributed by atoms with Crippen molar-refractivity contribution in [3.05, 3.63) is 76.3 Å². The Morgan fingerprint density at radius 2 is 1.82 bits per heavy atom. The molecule has 3 rings (SSSR count). The lowest BCUT2D eigenvalue weighted by Gasteiger charge is -2.11. The maximum Gasteiger partial charge on any atom is 0.417 e. The number of benzene rings is 2. The average molecular weight is 410 g/mol. The van der Waals surface area contributed by atoms with E-state index in [4.69, 9.17) is 11.6 Å². The van der Waals surface area contributed by atoms with Crippen LogP contribution in [0.4, 0.5) is 23.4 Å². The Hall–Kier alpha value is -2.67. The molecule has 146 valence electrons. The quantitative estimate of drug-likeness (QED) is 0.532. The largest absolute Gasteiger partial charge is 0.417 e. The van der Waals surface area contributed by atoms with E-state index in [1.165, 1.54) is 24.5 Å². The van der Waals surface area contributed by atoms with Gasteiger partial charge in [0.1, 0.15) is 18.0 Å². The van der Waals surface area contributed by atoms with E-state index in [0.29, 0.717) is 35.6 Å². The van der Waals surface area contributed by atoms with E-state index in [2.05, 4.69) is 15.3 Å². The molecule has 28 heavy (non-hydrogen) atoms. The minimum atomic E-state index is -4.51. The summed E-state index contributed by atoms with van der Waals surface area (Å²) in [6, 6.07) is 10.2. The average Bonchev–Trinajstić information content (AvgIpc) is 2.64. The standard InChI is InChI=1S/C20H16ClF4N3/c1-12-2-3-13(8-17(12)22)6-7-26-19-10-18(27-11-28-19)14-4-5-15(16(21)9-14)20(23,24)25/h2-5,8-11H,6-7H2,1H3,(H,26,27,28). The van der Waals surface area contributed by atoms with Crippen LogP contribution in [0.3, 0.4) is 0 Å². The van der Waals surface area contributed by atoms with Crippen LogP contribution in [0.5, 0.6) is 0 Å². The molecular formula is C20H16ClF4N3. The highest BCUT2D eigenvalue weighted by Gasteiger charge is 2.33. The number of halogens is 5. The summed E-state index contributed by atoms with van der Waals surface area (Å²) in [7, 11) is 0. The summed E-state index contributed by atoms with van der Waals surface area (Å²) in [5, 5.41) is 2.71. The maximum atomic E-state index is 13.6. The molecule has 0 amide bonds. The van der Waals surface area contributed by atoms with Gasteiger partial charge in [-0.15, -0.1) is 0 Å². The Bertz CT molecular complexity index is 989. The van der Waals surface area contributed by atoms with Crippen LogP contribution in [-0.4, -0.2) is 16.5 Å². The highest BCUT2D eigenvalue weighted by atomic mass is 35.5. The topological polar surface area (TPSA) is 37.8 Å². The normalized spacial score (nSPS) is 11.5. The van der Waals surface area contributed by atoms with Crippen molar-refractivity contribution in [2.45, 2.75) is 19.5 Å². The fourth-order valence-electron chi connectivity index (χ4n) is 2.64. The van der Waals surface area contributed by atoms with Gasteiger partial charge < -0.3 is 5.32 Å². The lowest BCUT2D eigenvalue weighted by atomic mass is 10.1. The van der Waals surface area contributed by atoms with E-state index in [9.17, 15) is 17.6 Å². The van der Waals surface area contributed by atoms with Crippen molar-refractivity contribution in [1.29, 1.82) is 0 Å². The Balaban J connectivity index is 1.70. The summed E-state index contributed by atoms with van der Waals surface area (Å²) in [4.78, 5) is 8.19. The summed E-state index contributed by atoms with van der Waals surface area (Å²) in [5.74, 6) is 0.259. The van der Waals surface area contributed by atoms with Crippen molar-refractivity contribution in [3.63, 3.8) is 0 Å². The van der Waals surface area contributed by atoms with Crippen LogP contribution >= 0.6 is 11.6 Å². The molecule has 0 aliphatic heterocycles. The van der Waals surface area contributed by atoms with Crippen molar-refractivity contribution >= 4 is 17.4 Å². The second-order valence-electron chi connectivity index (χ2n) is 6.24. The molecule has 1 aromatic heterocycles. The molecule has 0 aliphatic rings. The molecular weight excluding hydrogens is 394 g/mol. The SMILES string of the molecule is Cc1ccc(CCNc2cc(-c3ccc(C(F)(F)F)c(Cl)c3)ncn2)cc1F. The minimum absolute atomic E-state index is 0.249. The van der Waals surface area contributed by atoms with E-state index in [1.807, 2.05) is 6.07 Å². The van der Waals surface area contributed by atoms with E-state index >= 15 is 0 Å². The Morgan fingerprint density at radius 1 is 1.04 bits per heavy atom. The first-order chi connectivity index (χ1) is 13.2. The molecule has 3 nitrogen and oxygen atoms in total. The Morgan fingerprint density at radius 3 is 2.50 bits per heavy atom. The van der Waals surface area contributed by atoms with Crippen molar-refractivity contribution in [3.8, 4) is 11.3 Å². The smallest absolute Gasteiger partial charge is 0.370 e. The number of hydrogen-bond acceptors (Lipinski definition) is 3. The molecule has 2 aromatic carbocycles. The summed E-state index contributed by atoms with van der Waals surface area (Å²) in [6.07, 6.45) is -2.61. The molecule has 0 bridgehead atoms. The lowest BCUT2D eigenvalue weighted by molar-refractivity contribution is -0.137. The molecule has 0 saturated carbocycles. The van der Waals surface area contributed by atoms with Gasteiger partial charge in [0.25, 0.3) is 0 Å². The van der Waals surface area contributed by atoms with Crippen LogP contribution < -0.4 is 5.32 Å². The molecule has 0 saturated heterocycles. The van der Waals surface area contributed by atoms with Crippen LogP contribution in [0.1, 0.15) is 16.7 Å². The molecule has 8 heteroatoms. The van der Waals surface area contributed by atoms with E-state index in [0.717, 1.165) is 11.6 Å². The predicted molar refractivity (Wildman–Crippen MR) is 101 cm³/mol. The molecule has 0 fully saturated rings. The maximum absolute atomic E-state index is 13.6. The highest BCUT2D eigenvalue weighted by Crippen LogP contribution is 2.36. The van der Waals surface area contributed by atoms with E-state index in [-0.39, 0.29) is 10.8 Å². The fraction of sp³-hybridized carbons (Fsp3) is 0.200. The number of anilines is 1. The third-order valence-corrected chi connectivity index (χ3v) is 4.51. The number of rotatable bonds is 5. The number of nitrogens with one attached hydrogen (secondary N) is 1. The van der Waals surface area contributed by atoms with Crippen LogP contribution in [0.25, 0.3) is 11.3 Å². The van der Waals surface area contributed by atoms with Crippen LogP contribution in [0.2, 0.25) is 5.02 Å². The monoisotopic (exact) mass is 409 g/mol. The van der Waals surface area contributed by atoms with Crippen molar-refractivity contribution in [1.82, 2.24) is 9.97 Å². The van der Waals surface area contributed by atoms with Gasteiger partial charge in [0.2, 0.25) is 0 Å². The zero-order valence-electron chi connectivity index (χ0n) is 14.8. The van der Waals surface area contributed by atoms with Gasteiger partial charge >= 0.3 is 6.18 Å². The third-order valence-electron chi connectivity index (χ3n) is 4.19. The number of aromatic nitrogens is 2. The number of alkyl halides is 3. The third kappa shape index (κ3) is 4.78. The zero-order chi connectivity index (χ0) is 20.3. The molecule has 0 aliphatic carbocycles. The van der Waals surface area contributed by atoms with Gasteiger partial charge in [-0.05, 0) is 42.7 Å². The van der Waals surface area contributed by atoms with E-state index < -0.39 is 11.7 Å². The Kier molecular flexibility index (Phi) is 5.84. The number of hydrogen-bond donors (Lipinski definition) is 1. The van der Waals surface area contributed by atoms with Gasteiger partial charge in [-0.3, -0.25) is 0 Å². The van der Waals surface area contributed by atoms with Crippen molar-refractivity contribution < 1.29 is 17.6 Å². The molecule has 1 N–H and O–H groups in total. The first-order valence-electron chi connectivity index (χ1n) is 8.42. The van der Waals surface area contributed by atoms with E-state index in [1.54, 1.807) is 19.1 Å². The molecule has 0 spiro atoms. The second kappa shape index (κ2) is 8.14. The Labute approximate surface area is 164 Å². The molecule has 0 radical (unpaired) electrons. The van der Waals surface area contributed by atoms with Crippen molar-refractivity contribution in [2.75, 3.05) is 11.9 Å². The minimum Gasteiger partial charge on any atom is -0.370 e. The summed E-state index contributed by atoms with van der Waals surface area (Å²) in [5.41, 5.74) is 1.43. The first-order valence-corrected chi connectivity index (χ1v) is 8.80. The van der Waals surface area contributed by atoms with Gasteiger partial charge in [-0.2, -0.15) is 13.2 Å². The molecule has 3 aromatic rings. The van der Waals surface area contributed by atoms with Gasteiger partial charge in [-0.25, -0.2) is 14.4 Å². The predicted octanol–water partition coefficient (Wildman–Crippen LogP) is 5.92. The van der Waals surface area contributed by atoms with Gasteiger partial charge in [0, 0.05) is 18.2 Å². The van der Waals surface area contributed by atoms with Crippen molar-refractivity contribution in [2.24, 2.45) is 0 Å². The molecule has 0 atom stereocenters. The molecule has 1 heterocycles. The van der Waals surface area contributed by atoms with Gasteiger partial charge in [-0.1, -0.05) is 29.8 Å². The second-order valence-corrected chi connectivity index (χ2v) is 6.65. The zero-order valence-corrected chi connectivity index (χ0v) is 15.6. The number of nitrogens with zero attached hydrogens (tertiary/aromatic N) is 2. The fourth-order valence-corrected chi connectivity index (χ4v) is 2.93. The molecule has 0 unspecified atom stereocenters. The van der Waals surface area contributed by atoms with Crippen LogP contribution in [-0.2, 0) is 12.6 Å². The highest BCUT2D eigenvalue weighted by molar-refractivity contribution is 6.31. The summed E-state index contributed by atoms with van der Waals surface area (Å²) in [6.45, 7) is 2.21. The van der Waals surface area contributed by atoms with Gasteiger partial charge in [0.15, 0.2) is 0 Å². The van der Waals surface area contributed by atoms with Crippen LogP contribution in [0.15, 0.2) is 48.8 Å². The summed E-state index contributed by atoms with van der Waals surface area (Å²) < 4.78 is 52.1. The van der Waals surface area contributed by atoms with Crippen LogP contribution in [0, 0.1) is 12.7 Å². The number of aryl methyl sites for hydroxylation is 1. The van der Waals surface area contributed by atoms with Gasteiger partial charge in [0.05, 0.1) is 16.3 Å². The lowest BCUT2D eigenvalue weighted by Crippen LogP contribution is -2.07. The summed E-state index contributed by atoms with van der Waals surface area (Å²) >= 11 is 5.77. The first kappa shape index (κ1) is 20.1.